The van der Waals surface area contributed by atoms with Gasteiger partial charge in [0.1, 0.15) is 5.01 Å². The number of aliphatic hydroxyl groups excluding tert-OH is 1. The number of rotatable bonds is 5. The highest BCUT2D eigenvalue weighted by Gasteiger charge is 2.18. The van der Waals surface area contributed by atoms with Crippen molar-refractivity contribution in [2.45, 2.75) is 32.8 Å². The molecule has 2 rings (SSSR count). The third-order valence-corrected chi connectivity index (χ3v) is 4.20. The summed E-state index contributed by atoms with van der Waals surface area (Å²) in [7, 11) is 0. The maximum Gasteiger partial charge on any atom is 0.234 e. The van der Waals surface area contributed by atoms with Crippen LogP contribution in [-0.4, -0.2) is 16.0 Å². The van der Waals surface area contributed by atoms with Gasteiger partial charge in [0.2, 0.25) is 5.91 Å². The predicted molar refractivity (Wildman–Crippen MR) is 80.9 cm³/mol. The first-order valence-corrected chi connectivity index (χ1v) is 7.47. The molecule has 0 aliphatic carbocycles. The average Bonchev–Trinajstić information content (AvgIpc) is 2.96. The number of nitrogens with one attached hydrogen (secondary N) is 1. The van der Waals surface area contributed by atoms with E-state index in [9.17, 15) is 4.79 Å². The van der Waals surface area contributed by atoms with E-state index in [2.05, 4.69) is 17.2 Å². The number of aryl methyl sites for hydroxylation is 1. The molecule has 20 heavy (non-hydrogen) atoms. The lowest BCUT2D eigenvalue weighted by Gasteiger charge is -2.10. The molecule has 1 heterocycles. The van der Waals surface area contributed by atoms with Gasteiger partial charge in [-0.1, -0.05) is 19.1 Å². The van der Waals surface area contributed by atoms with Crippen LogP contribution in [0.1, 0.15) is 36.0 Å². The molecule has 4 nitrogen and oxygen atoms in total. The van der Waals surface area contributed by atoms with E-state index in [1.54, 1.807) is 5.38 Å². The molecule has 1 aromatic heterocycles. The molecule has 1 unspecified atom stereocenters. The maximum absolute atomic E-state index is 12.2. The highest BCUT2D eigenvalue weighted by Crippen LogP contribution is 2.22. The second kappa shape index (κ2) is 6.63. The summed E-state index contributed by atoms with van der Waals surface area (Å²) in [5.74, 6) is -0.417. The van der Waals surface area contributed by atoms with Gasteiger partial charge in [0.15, 0.2) is 0 Å². The number of anilines is 1. The summed E-state index contributed by atoms with van der Waals surface area (Å²) < 4.78 is 0. The lowest BCUT2D eigenvalue weighted by Crippen LogP contribution is -2.18. The SMILES string of the molecule is CCc1ccc(NC(=O)C(C)c2nc(CO)cs2)cc1. The van der Waals surface area contributed by atoms with Gasteiger partial charge in [-0.3, -0.25) is 4.79 Å². The number of amides is 1. The minimum Gasteiger partial charge on any atom is -0.390 e. The third kappa shape index (κ3) is 3.43. The van der Waals surface area contributed by atoms with Crippen molar-refractivity contribution in [1.82, 2.24) is 4.98 Å². The Morgan fingerprint density at radius 2 is 2.10 bits per heavy atom. The zero-order chi connectivity index (χ0) is 14.5. The molecule has 0 aliphatic rings. The quantitative estimate of drug-likeness (QED) is 0.890. The van der Waals surface area contributed by atoms with E-state index in [0.717, 1.165) is 17.1 Å². The number of hydrogen-bond acceptors (Lipinski definition) is 4. The van der Waals surface area contributed by atoms with Crippen LogP contribution >= 0.6 is 11.3 Å². The average molecular weight is 290 g/mol. The van der Waals surface area contributed by atoms with Crippen LogP contribution in [0.5, 0.6) is 0 Å². The molecule has 5 heteroatoms. The van der Waals surface area contributed by atoms with Gasteiger partial charge >= 0.3 is 0 Å². The highest BCUT2D eigenvalue weighted by molar-refractivity contribution is 7.09. The van der Waals surface area contributed by atoms with Crippen LogP contribution in [0.2, 0.25) is 0 Å². The Kier molecular flexibility index (Phi) is 4.87. The van der Waals surface area contributed by atoms with E-state index in [0.29, 0.717) is 5.69 Å². The largest absolute Gasteiger partial charge is 0.390 e. The summed E-state index contributed by atoms with van der Waals surface area (Å²) in [6.45, 7) is 3.82. The molecule has 0 saturated heterocycles. The summed E-state index contributed by atoms with van der Waals surface area (Å²) in [6.07, 6.45) is 0.980. The van der Waals surface area contributed by atoms with Gasteiger partial charge in [-0.25, -0.2) is 4.98 Å². The van der Waals surface area contributed by atoms with Crippen LogP contribution in [0.25, 0.3) is 0 Å². The molecule has 0 aliphatic heterocycles. The van der Waals surface area contributed by atoms with Gasteiger partial charge in [0.25, 0.3) is 0 Å². The number of benzene rings is 1. The van der Waals surface area contributed by atoms with Crippen molar-refractivity contribution < 1.29 is 9.90 Å². The van der Waals surface area contributed by atoms with E-state index in [-0.39, 0.29) is 18.4 Å². The molecule has 0 radical (unpaired) electrons. The van der Waals surface area contributed by atoms with Crippen molar-refractivity contribution in [1.29, 1.82) is 0 Å². The Balaban J connectivity index is 2.02. The summed E-state index contributed by atoms with van der Waals surface area (Å²) >= 11 is 1.40. The van der Waals surface area contributed by atoms with Crippen LogP contribution in [-0.2, 0) is 17.8 Å². The molecule has 0 fully saturated rings. The van der Waals surface area contributed by atoms with Gasteiger partial charge in [0.05, 0.1) is 18.2 Å². The first kappa shape index (κ1) is 14.7. The molecule has 106 valence electrons. The van der Waals surface area contributed by atoms with E-state index in [4.69, 9.17) is 5.11 Å². The van der Waals surface area contributed by atoms with Crippen LogP contribution in [0.4, 0.5) is 5.69 Å². The monoisotopic (exact) mass is 290 g/mol. The molecule has 0 spiro atoms. The number of carbonyl (C=O) groups is 1. The lowest BCUT2D eigenvalue weighted by molar-refractivity contribution is -0.117. The maximum atomic E-state index is 12.2. The molecular formula is C15H18N2O2S. The Morgan fingerprint density at radius 3 is 2.65 bits per heavy atom. The summed E-state index contributed by atoms with van der Waals surface area (Å²) in [4.78, 5) is 16.4. The van der Waals surface area contributed by atoms with Crippen molar-refractivity contribution in [3.8, 4) is 0 Å². The van der Waals surface area contributed by atoms with Crippen molar-refractivity contribution in [2.24, 2.45) is 0 Å². The number of nitrogens with zero attached hydrogens (tertiary/aromatic N) is 1. The Bertz CT molecular complexity index is 578. The van der Waals surface area contributed by atoms with Gasteiger partial charge < -0.3 is 10.4 Å². The minimum atomic E-state index is -0.328. The van der Waals surface area contributed by atoms with Gasteiger partial charge in [-0.05, 0) is 31.0 Å². The highest BCUT2D eigenvalue weighted by atomic mass is 32.1. The Labute approximate surface area is 122 Å². The summed E-state index contributed by atoms with van der Waals surface area (Å²) in [6, 6.07) is 7.83. The topological polar surface area (TPSA) is 62.2 Å². The van der Waals surface area contributed by atoms with Crippen LogP contribution in [0, 0.1) is 0 Å². The molecule has 1 amide bonds. The number of aliphatic hydroxyl groups is 1. The van der Waals surface area contributed by atoms with E-state index in [1.165, 1.54) is 16.9 Å². The molecule has 1 aromatic carbocycles. The van der Waals surface area contributed by atoms with Crippen LogP contribution in [0.15, 0.2) is 29.6 Å². The Morgan fingerprint density at radius 1 is 1.40 bits per heavy atom. The molecular weight excluding hydrogens is 272 g/mol. The fourth-order valence-electron chi connectivity index (χ4n) is 1.78. The minimum absolute atomic E-state index is 0.0897. The van der Waals surface area contributed by atoms with E-state index in [1.807, 2.05) is 31.2 Å². The fraction of sp³-hybridized carbons (Fsp3) is 0.333. The van der Waals surface area contributed by atoms with Crippen LogP contribution < -0.4 is 5.32 Å². The molecule has 2 N–H and O–H groups in total. The number of hydrogen-bond donors (Lipinski definition) is 2. The summed E-state index contributed by atoms with van der Waals surface area (Å²) in [5, 5.41) is 14.4. The Hall–Kier alpha value is -1.72. The van der Waals surface area contributed by atoms with Crippen molar-refractivity contribution in [3.63, 3.8) is 0 Å². The molecule has 0 bridgehead atoms. The van der Waals surface area contributed by atoms with Crippen molar-refractivity contribution >= 4 is 22.9 Å². The smallest absolute Gasteiger partial charge is 0.234 e. The standard InChI is InChI=1S/C15H18N2O2S/c1-3-11-4-6-12(7-5-11)16-14(19)10(2)15-17-13(8-18)9-20-15/h4-7,9-10,18H,3,8H2,1-2H3,(H,16,19). The van der Waals surface area contributed by atoms with Crippen molar-refractivity contribution in [3.05, 3.63) is 45.9 Å². The van der Waals surface area contributed by atoms with E-state index < -0.39 is 0 Å². The lowest BCUT2D eigenvalue weighted by atomic mass is 10.1. The zero-order valence-electron chi connectivity index (χ0n) is 11.6. The second-order valence-electron chi connectivity index (χ2n) is 4.60. The second-order valence-corrected chi connectivity index (χ2v) is 5.49. The summed E-state index contributed by atoms with van der Waals surface area (Å²) in [5.41, 5.74) is 2.64. The number of thiazole rings is 1. The van der Waals surface area contributed by atoms with Crippen molar-refractivity contribution in [2.75, 3.05) is 5.32 Å². The van der Waals surface area contributed by atoms with Gasteiger partial charge in [-0.2, -0.15) is 0 Å². The number of aromatic nitrogens is 1. The molecule has 2 aromatic rings. The molecule has 0 saturated carbocycles. The van der Waals surface area contributed by atoms with Gasteiger partial charge in [-0.15, -0.1) is 11.3 Å². The third-order valence-electron chi connectivity index (χ3n) is 3.12. The fourth-order valence-corrected chi connectivity index (χ4v) is 2.65. The first-order valence-electron chi connectivity index (χ1n) is 6.59. The number of carbonyl (C=O) groups excluding carboxylic acids is 1. The first-order chi connectivity index (χ1) is 9.63. The van der Waals surface area contributed by atoms with Gasteiger partial charge in [0, 0.05) is 11.1 Å². The van der Waals surface area contributed by atoms with Crippen LogP contribution in [0.3, 0.4) is 0 Å². The molecule has 1 atom stereocenters. The predicted octanol–water partition coefficient (Wildman–Crippen LogP) is 2.94. The normalized spacial score (nSPS) is 12.2. The zero-order valence-corrected chi connectivity index (χ0v) is 12.4. The van der Waals surface area contributed by atoms with E-state index >= 15 is 0 Å².